The van der Waals surface area contributed by atoms with Crippen LogP contribution in [-0.2, 0) is 0 Å². The van der Waals surface area contributed by atoms with E-state index in [1.54, 1.807) is 0 Å². The van der Waals surface area contributed by atoms with Crippen LogP contribution in [0.3, 0.4) is 0 Å². The average molecular weight is 243 g/mol. The first-order valence-corrected chi connectivity index (χ1v) is 7.26. The average Bonchev–Trinajstić information content (AvgIpc) is 2.26. The van der Waals surface area contributed by atoms with Gasteiger partial charge in [-0.3, -0.25) is 4.90 Å². The van der Waals surface area contributed by atoms with Crippen molar-refractivity contribution in [2.24, 2.45) is 0 Å². The fourth-order valence-corrected chi connectivity index (χ4v) is 2.10. The van der Waals surface area contributed by atoms with Crippen LogP contribution in [0, 0.1) is 0 Å². The van der Waals surface area contributed by atoms with Gasteiger partial charge in [0.25, 0.3) is 0 Å². The van der Waals surface area contributed by atoms with Gasteiger partial charge in [0.1, 0.15) is 0 Å². The highest BCUT2D eigenvalue weighted by atomic mass is 15.2. The van der Waals surface area contributed by atoms with Gasteiger partial charge in [0.15, 0.2) is 0 Å². The Bertz CT molecular complexity index is 150. The van der Waals surface area contributed by atoms with Crippen LogP contribution in [0.1, 0.15) is 47.5 Å². The maximum absolute atomic E-state index is 3.49. The molecule has 0 aromatic carbocycles. The minimum Gasteiger partial charge on any atom is -0.315 e. The van der Waals surface area contributed by atoms with Gasteiger partial charge in [-0.15, -0.1) is 0 Å². The van der Waals surface area contributed by atoms with Crippen molar-refractivity contribution in [3.63, 3.8) is 0 Å². The number of hydrogen-bond donors (Lipinski definition) is 2. The summed E-state index contributed by atoms with van der Waals surface area (Å²) in [7, 11) is 0. The normalized spacial score (nSPS) is 12.0. The van der Waals surface area contributed by atoms with Gasteiger partial charge in [-0.05, 0) is 60.2 Å². The lowest BCUT2D eigenvalue weighted by atomic mass is 10.2. The summed E-state index contributed by atoms with van der Waals surface area (Å²) in [5.41, 5.74) is 0. The first-order valence-electron chi connectivity index (χ1n) is 7.26. The molecular formula is C14H33N3. The monoisotopic (exact) mass is 243 g/mol. The summed E-state index contributed by atoms with van der Waals surface area (Å²) in [6.07, 6.45) is 2.46. The molecule has 3 heteroatoms. The van der Waals surface area contributed by atoms with Crippen LogP contribution < -0.4 is 10.6 Å². The first kappa shape index (κ1) is 16.9. The van der Waals surface area contributed by atoms with Crippen LogP contribution in [0.25, 0.3) is 0 Å². The maximum atomic E-state index is 3.49. The SMILES string of the molecule is CCCNCCNCCCN(C(C)C)C(C)C. The van der Waals surface area contributed by atoms with Crippen molar-refractivity contribution in [2.45, 2.75) is 59.5 Å². The van der Waals surface area contributed by atoms with Crippen molar-refractivity contribution in [3.05, 3.63) is 0 Å². The largest absolute Gasteiger partial charge is 0.315 e. The summed E-state index contributed by atoms with van der Waals surface area (Å²) in [6.45, 7) is 17.0. The van der Waals surface area contributed by atoms with Gasteiger partial charge in [-0.2, -0.15) is 0 Å². The van der Waals surface area contributed by atoms with Gasteiger partial charge in [0, 0.05) is 25.2 Å². The van der Waals surface area contributed by atoms with Crippen molar-refractivity contribution in [1.29, 1.82) is 0 Å². The summed E-state index contributed by atoms with van der Waals surface area (Å²) in [4.78, 5) is 2.55. The van der Waals surface area contributed by atoms with Gasteiger partial charge < -0.3 is 10.6 Å². The minimum atomic E-state index is 0.654. The Morgan fingerprint density at radius 2 is 1.35 bits per heavy atom. The van der Waals surface area contributed by atoms with Gasteiger partial charge in [0.05, 0.1) is 0 Å². The molecule has 0 aromatic rings. The Hall–Kier alpha value is -0.120. The molecule has 0 saturated carbocycles. The highest BCUT2D eigenvalue weighted by Gasteiger charge is 2.11. The Balaban J connectivity index is 3.37. The molecule has 104 valence electrons. The zero-order chi connectivity index (χ0) is 13.1. The highest BCUT2D eigenvalue weighted by Crippen LogP contribution is 2.04. The van der Waals surface area contributed by atoms with Crippen LogP contribution in [0.15, 0.2) is 0 Å². The van der Waals surface area contributed by atoms with E-state index in [1.807, 2.05) is 0 Å². The molecule has 0 atom stereocenters. The van der Waals surface area contributed by atoms with Gasteiger partial charge in [-0.25, -0.2) is 0 Å². The lowest BCUT2D eigenvalue weighted by Crippen LogP contribution is -2.39. The molecule has 0 fully saturated rings. The number of nitrogens with one attached hydrogen (secondary N) is 2. The van der Waals surface area contributed by atoms with Crippen molar-refractivity contribution < 1.29 is 0 Å². The van der Waals surface area contributed by atoms with E-state index < -0.39 is 0 Å². The summed E-state index contributed by atoms with van der Waals surface area (Å²) >= 11 is 0. The van der Waals surface area contributed by atoms with E-state index in [0.29, 0.717) is 12.1 Å². The summed E-state index contributed by atoms with van der Waals surface area (Å²) in [5.74, 6) is 0. The molecule has 0 radical (unpaired) electrons. The van der Waals surface area contributed by atoms with Crippen LogP contribution in [-0.4, -0.2) is 49.7 Å². The number of nitrogens with zero attached hydrogens (tertiary/aromatic N) is 1. The molecule has 3 nitrogen and oxygen atoms in total. The van der Waals surface area contributed by atoms with Crippen molar-refractivity contribution in [2.75, 3.05) is 32.7 Å². The molecule has 0 saturated heterocycles. The molecular weight excluding hydrogens is 210 g/mol. The second-order valence-electron chi connectivity index (χ2n) is 5.28. The third kappa shape index (κ3) is 9.57. The molecule has 0 bridgehead atoms. The van der Waals surface area contributed by atoms with E-state index in [0.717, 1.165) is 26.2 Å². The van der Waals surface area contributed by atoms with Gasteiger partial charge in [-0.1, -0.05) is 6.92 Å². The molecule has 0 aliphatic heterocycles. The molecule has 0 aliphatic rings. The Morgan fingerprint density at radius 3 is 1.82 bits per heavy atom. The first-order chi connectivity index (χ1) is 8.09. The van der Waals surface area contributed by atoms with E-state index in [9.17, 15) is 0 Å². The van der Waals surface area contributed by atoms with E-state index in [1.165, 1.54) is 19.4 Å². The van der Waals surface area contributed by atoms with E-state index in [4.69, 9.17) is 0 Å². The predicted octanol–water partition coefficient (Wildman–Crippen LogP) is 2.08. The van der Waals surface area contributed by atoms with Gasteiger partial charge >= 0.3 is 0 Å². The summed E-state index contributed by atoms with van der Waals surface area (Å²) in [6, 6.07) is 1.31. The van der Waals surface area contributed by atoms with Gasteiger partial charge in [0.2, 0.25) is 0 Å². The fourth-order valence-electron chi connectivity index (χ4n) is 2.10. The van der Waals surface area contributed by atoms with E-state index >= 15 is 0 Å². The smallest absolute Gasteiger partial charge is 0.00767 e. The summed E-state index contributed by atoms with van der Waals surface area (Å²) < 4.78 is 0. The quantitative estimate of drug-likeness (QED) is 0.544. The van der Waals surface area contributed by atoms with Crippen LogP contribution in [0.5, 0.6) is 0 Å². The van der Waals surface area contributed by atoms with E-state index in [-0.39, 0.29) is 0 Å². The number of rotatable bonds is 11. The molecule has 0 rings (SSSR count). The Labute approximate surface area is 108 Å². The fraction of sp³-hybridized carbons (Fsp3) is 1.00. The standard InChI is InChI=1S/C14H33N3/c1-6-8-15-10-11-16-9-7-12-17(13(2)3)14(4)5/h13-16H,6-12H2,1-5H3. The van der Waals surface area contributed by atoms with Crippen molar-refractivity contribution in [1.82, 2.24) is 15.5 Å². The van der Waals surface area contributed by atoms with Crippen LogP contribution in [0.4, 0.5) is 0 Å². The molecule has 0 amide bonds. The lowest BCUT2D eigenvalue weighted by Gasteiger charge is -2.30. The lowest BCUT2D eigenvalue weighted by molar-refractivity contribution is 0.173. The third-order valence-electron chi connectivity index (χ3n) is 3.00. The Morgan fingerprint density at radius 1 is 0.824 bits per heavy atom. The predicted molar refractivity (Wildman–Crippen MR) is 77.6 cm³/mol. The van der Waals surface area contributed by atoms with Crippen LogP contribution in [0.2, 0.25) is 0 Å². The second-order valence-corrected chi connectivity index (χ2v) is 5.28. The summed E-state index contributed by atoms with van der Waals surface area (Å²) in [5, 5.41) is 6.89. The van der Waals surface area contributed by atoms with Crippen LogP contribution >= 0.6 is 0 Å². The molecule has 0 aliphatic carbocycles. The highest BCUT2D eigenvalue weighted by molar-refractivity contribution is 4.67. The Kier molecular flexibility index (Phi) is 10.9. The topological polar surface area (TPSA) is 27.3 Å². The second kappa shape index (κ2) is 11.0. The van der Waals surface area contributed by atoms with Crippen molar-refractivity contribution >= 4 is 0 Å². The van der Waals surface area contributed by atoms with Crippen molar-refractivity contribution in [3.8, 4) is 0 Å². The minimum absolute atomic E-state index is 0.654. The van der Waals surface area contributed by atoms with E-state index in [2.05, 4.69) is 50.2 Å². The number of hydrogen-bond acceptors (Lipinski definition) is 3. The molecule has 0 heterocycles. The third-order valence-corrected chi connectivity index (χ3v) is 3.00. The zero-order valence-electron chi connectivity index (χ0n) is 12.6. The maximum Gasteiger partial charge on any atom is 0.00767 e. The zero-order valence-corrected chi connectivity index (χ0v) is 12.6. The molecule has 2 N–H and O–H groups in total. The molecule has 0 aromatic heterocycles. The molecule has 0 unspecified atom stereocenters. The molecule has 17 heavy (non-hydrogen) atoms. The molecule has 0 spiro atoms.